The molecule has 11 aromatic rings. The Morgan fingerprint density at radius 1 is 0.530 bits per heavy atom. The van der Waals surface area contributed by atoms with E-state index in [-0.39, 0.29) is 17.7 Å². The third-order valence-electron chi connectivity index (χ3n) is 15.7. The van der Waals surface area contributed by atoms with E-state index in [0.29, 0.717) is 0 Å². The lowest BCUT2D eigenvalue weighted by atomic mass is 9.43. The third-order valence-corrected chi connectivity index (χ3v) is 16.9. The quantitative estimate of drug-likeness (QED) is 0.163. The van der Waals surface area contributed by atoms with Crippen molar-refractivity contribution < 1.29 is 0 Å². The molecule has 4 heterocycles. The Balaban J connectivity index is 1.18. The summed E-state index contributed by atoms with van der Waals surface area (Å²) in [6.07, 6.45) is 2.36. The van der Waals surface area contributed by atoms with Crippen molar-refractivity contribution in [3.63, 3.8) is 0 Å². The van der Waals surface area contributed by atoms with Crippen LogP contribution in [0.2, 0.25) is 0 Å². The number of thiophene rings is 1. The molecule has 66 heavy (non-hydrogen) atoms. The number of aryl methyl sites for hydroxylation is 1. The fourth-order valence-electron chi connectivity index (χ4n) is 12.3. The molecular formula is C61H48BN3S. The fraction of sp³-hybridized carbons (Fsp3) is 0.148. The molecule has 3 nitrogen and oxygen atoms in total. The SMILES string of the molecule is Cc1cc2c(cc1N1B3c4c(cc(N(c5ccccc5)c5ccccc5)cc4-n4c5cc6ccccc6cc5c5cccc3c54)-c3c1ccc1c3sc3ccccc31)C(C)(C)CCC2(C)C. The van der Waals surface area contributed by atoms with Gasteiger partial charge in [0.2, 0.25) is 0 Å². The number of anilines is 5. The van der Waals surface area contributed by atoms with Crippen LogP contribution in [0, 0.1) is 6.92 Å². The summed E-state index contributed by atoms with van der Waals surface area (Å²) in [5.74, 6) is 0. The van der Waals surface area contributed by atoms with Crippen molar-refractivity contribution in [1.29, 1.82) is 0 Å². The molecule has 0 saturated heterocycles. The van der Waals surface area contributed by atoms with Gasteiger partial charge in [0, 0.05) is 70.6 Å². The van der Waals surface area contributed by atoms with Gasteiger partial charge < -0.3 is 14.3 Å². The van der Waals surface area contributed by atoms with E-state index < -0.39 is 0 Å². The van der Waals surface area contributed by atoms with E-state index in [2.05, 4.69) is 225 Å². The predicted octanol–water partition coefficient (Wildman–Crippen LogP) is 15.7. The second-order valence-electron chi connectivity index (χ2n) is 20.4. The lowest BCUT2D eigenvalue weighted by Crippen LogP contribution is -2.60. The van der Waals surface area contributed by atoms with Crippen LogP contribution >= 0.6 is 11.3 Å². The molecule has 316 valence electrons. The zero-order valence-corrected chi connectivity index (χ0v) is 38.8. The molecule has 0 spiro atoms. The summed E-state index contributed by atoms with van der Waals surface area (Å²) >= 11 is 1.94. The fourth-order valence-corrected chi connectivity index (χ4v) is 13.6. The Hall–Kier alpha value is -7.08. The van der Waals surface area contributed by atoms with E-state index in [4.69, 9.17) is 0 Å². The van der Waals surface area contributed by atoms with Crippen LogP contribution in [0.5, 0.6) is 0 Å². The molecule has 5 heteroatoms. The zero-order chi connectivity index (χ0) is 44.2. The minimum Gasteiger partial charge on any atom is -0.376 e. The third kappa shape index (κ3) is 5.21. The van der Waals surface area contributed by atoms with Gasteiger partial charge in [-0.25, -0.2) is 0 Å². The standard InChI is InChI=1S/C61H48BN3S/c1-37-31-48-49(61(4,5)30-29-60(48,2)3)36-52(37)65-51-28-27-45-43-23-14-15-26-55(43)66-59(45)56(51)47-34-42(63(40-19-8-6-9-20-40)41-21-10-7-11-22-41)35-54-57(47)62(65)50-25-16-24-44-46-32-38-17-12-13-18-39(38)33-53(46)64(54)58(44)50/h6-28,31-36H,29-30H2,1-5H3. The van der Waals surface area contributed by atoms with Gasteiger partial charge in [-0.15, -0.1) is 11.3 Å². The van der Waals surface area contributed by atoms with Crippen LogP contribution in [0.15, 0.2) is 176 Å². The highest BCUT2D eigenvalue weighted by molar-refractivity contribution is 7.26. The number of para-hydroxylation sites is 3. The highest BCUT2D eigenvalue weighted by Crippen LogP contribution is 2.54. The highest BCUT2D eigenvalue weighted by Gasteiger charge is 2.46. The first-order valence-corrected chi connectivity index (χ1v) is 24.4. The average Bonchev–Trinajstić information content (AvgIpc) is 3.88. The van der Waals surface area contributed by atoms with Crippen LogP contribution in [0.25, 0.3) is 69.6 Å². The molecule has 0 atom stereocenters. The van der Waals surface area contributed by atoms with Gasteiger partial charge in [0.15, 0.2) is 0 Å². The molecule has 14 rings (SSSR count). The average molecular weight is 866 g/mol. The van der Waals surface area contributed by atoms with Crippen molar-refractivity contribution in [2.24, 2.45) is 0 Å². The Labute approximate surface area is 390 Å². The molecule has 9 aromatic carbocycles. The van der Waals surface area contributed by atoms with Gasteiger partial charge in [0.05, 0.1) is 11.0 Å². The first-order chi connectivity index (χ1) is 32.1. The van der Waals surface area contributed by atoms with Crippen molar-refractivity contribution in [2.75, 3.05) is 9.71 Å². The minimum atomic E-state index is -0.0864. The van der Waals surface area contributed by atoms with Crippen LogP contribution < -0.4 is 20.6 Å². The van der Waals surface area contributed by atoms with Gasteiger partial charge >= 0.3 is 6.85 Å². The normalized spacial score (nSPS) is 15.4. The topological polar surface area (TPSA) is 11.4 Å². The number of rotatable bonds is 4. The number of nitrogens with zero attached hydrogens (tertiary/aromatic N) is 3. The smallest absolute Gasteiger partial charge is 0.333 e. The van der Waals surface area contributed by atoms with Crippen LogP contribution in [0.4, 0.5) is 28.4 Å². The molecular weight excluding hydrogens is 818 g/mol. The summed E-state index contributed by atoms with van der Waals surface area (Å²) in [5, 5.41) is 7.73. The van der Waals surface area contributed by atoms with Crippen LogP contribution in [0.1, 0.15) is 57.2 Å². The summed E-state index contributed by atoms with van der Waals surface area (Å²) in [4.78, 5) is 5.23. The molecule has 0 amide bonds. The molecule has 0 unspecified atom stereocenters. The van der Waals surface area contributed by atoms with Gasteiger partial charge in [0.25, 0.3) is 0 Å². The molecule has 2 aliphatic heterocycles. The van der Waals surface area contributed by atoms with Gasteiger partial charge in [0.1, 0.15) is 0 Å². The Morgan fingerprint density at radius 3 is 1.92 bits per heavy atom. The van der Waals surface area contributed by atoms with Crippen LogP contribution in [-0.4, -0.2) is 11.4 Å². The Bertz CT molecular complexity index is 3820. The molecule has 0 fully saturated rings. The van der Waals surface area contributed by atoms with Crippen molar-refractivity contribution in [3.05, 3.63) is 193 Å². The van der Waals surface area contributed by atoms with Crippen molar-refractivity contribution >= 4 is 110 Å². The van der Waals surface area contributed by atoms with Gasteiger partial charge in [-0.2, -0.15) is 0 Å². The number of benzene rings is 9. The molecule has 1 aliphatic carbocycles. The summed E-state index contributed by atoms with van der Waals surface area (Å²) in [6, 6.07) is 66.8. The Morgan fingerprint density at radius 2 is 1.18 bits per heavy atom. The molecule has 0 N–H and O–H groups in total. The molecule has 2 aromatic heterocycles. The van der Waals surface area contributed by atoms with Crippen LogP contribution in [-0.2, 0) is 10.8 Å². The number of aromatic nitrogens is 1. The van der Waals surface area contributed by atoms with E-state index in [1.165, 1.54) is 121 Å². The lowest BCUT2D eigenvalue weighted by Gasteiger charge is -2.46. The van der Waals surface area contributed by atoms with Gasteiger partial charge in [-0.05, 0) is 141 Å². The second-order valence-corrected chi connectivity index (χ2v) is 21.4. The summed E-state index contributed by atoms with van der Waals surface area (Å²) < 4.78 is 5.30. The lowest BCUT2D eigenvalue weighted by molar-refractivity contribution is 0.332. The maximum atomic E-state index is 2.77. The summed E-state index contributed by atoms with van der Waals surface area (Å²) in [5.41, 5.74) is 19.5. The number of hydrogen-bond donors (Lipinski definition) is 0. The number of hydrogen-bond acceptors (Lipinski definition) is 3. The van der Waals surface area contributed by atoms with E-state index in [1.54, 1.807) is 0 Å². The van der Waals surface area contributed by atoms with Crippen molar-refractivity contribution in [2.45, 2.75) is 58.3 Å². The zero-order valence-electron chi connectivity index (χ0n) is 38.0. The molecule has 0 bridgehead atoms. The van der Waals surface area contributed by atoms with E-state index in [0.717, 1.165) is 17.1 Å². The molecule has 0 radical (unpaired) electrons. The highest BCUT2D eigenvalue weighted by atomic mass is 32.1. The first-order valence-electron chi connectivity index (χ1n) is 23.6. The minimum absolute atomic E-state index is 0.0542. The number of fused-ring (bicyclic) bond motifs is 13. The van der Waals surface area contributed by atoms with E-state index >= 15 is 0 Å². The maximum absolute atomic E-state index is 2.77. The second kappa shape index (κ2) is 13.5. The summed E-state index contributed by atoms with van der Waals surface area (Å²) in [6.45, 7) is 12.1. The monoisotopic (exact) mass is 865 g/mol. The van der Waals surface area contributed by atoms with E-state index in [9.17, 15) is 0 Å². The molecule has 3 aliphatic rings. The Kier molecular flexibility index (Phi) is 7.82. The van der Waals surface area contributed by atoms with Gasteiger partial charge in [-0.3, -0.25) is 0 Å². The molecule has 0 saturated carbocycles. The van der Waals surface area contributed by atoms with Crippen molar-refractivity contribution in [1.82, 2.24) is 4.57 Å². The van der Waals surface area contributed by atoms with Gasteiger partial charge in [-0.1, -0.05) is 137 Å². The summed E-state index contributed by atoms with van der Waals surface area (Å²) in [7, 11) is 0. The van der Waals surface area contributed by atoms with E-state index in [1.807, 2.05) is 11.3 Å². The first kappa shape index (κ1) is 38.2. The predicted molar refractivity (Wildman–Crippen MR) is 285 cm³/mol. The van der Waals surface area contributed by atoms with Crippen LogP contribution in [0.3, 0.4) is 0 Å². The van der Waals surface area contributed by atoms with Crippen molar-refractivity contribution in [3.8, 4) is 16.8 Å². The maximum Gasteiger partial charge on any atom is 0.333 e. The largest absolute Gasteiger partial charge is 0.376 e.